The van der Waals surface area contributed by atoms with Gasteiger partial charge in [0.1, 0.15) is 39.3 Å². The summed E-state index contributed by atoms with van der Waals surface area (Å²) < 4.78 is 18.9. The van der Waals surface area contributed by atoms with Gasteiger partial charge in [-0.3, -0.25) is 4.90 Å². The zero-order valence-corrected chi connectivity index (χ0v) is 23.3. The first-order valence-electron chi connectivity index (χ1n) is 14.6. The Labute approximate surface area is 250 Å². The maximum Gasteiger partial charge on any atom is 0.141 e. The van der Waals surface area contributed by atoms with Gasteiger partial charge < -0.3 is 13.3 Å². The third kappa shape index (κ3) is 3.32. The zero-order chi connectivity index (χ0) is 28.8. The van der Waals surface area contributed by atoms with Crippen molar-refractivity contribution in [3.63, 3.8) is 0 Å². The van der Waals surface area contributed by atoms with Crippen LogP contribution in [0.4, 0.5) is 17.2 Å². The predicted molar refractivity (Wildman–Crippen MR) is 178 cm³/mol. The SMILES string of the molecule is c1ccc2c(c1)ccc1oc3cc(N(c4ccc5c(c4)oc4ccccc45)c4ccc5oc6ccccc6c5c4)ncc3c12. The van der Waals surface area contributed by atoms with Crippen LogP contribution in [0, 0.1) is 0 Å². The van der Waals surface area contributed by atoms with Crippen molar-refractivity contribution in [2.24, 2.45) is 0 Å². The summed E-state index contributed by atoms with van der Waals surface area (Å²) in [7, 11) is 0. The van der Waals surface area contributed by atoms with Gasteiger partial charge in [-0.05, 0) is 59.3 Å². The van der Waals surface area contributed by atoms with E-state index in [2.05, 4.69) is 77.7 Å². The Morgan fingerprint density at radius 1 is 0.409 bits per heavy atom. The van der Waals surface area contributed by atoms with Gasteiger partial charge in [0.05, 0.1) is 5.69 Å². The van der Waals surface area contributed by atoms with Gasteiger partial charge in [-0.25, -0.2) is 4.98 Å². The molecule has 206 valence electrons. The maximum atomic E-state index is 6.45. The number of hydrogen-bond acceptors (Lipinski definition) is 5. The second-order valence-electron chi connectivity index (χ2n) is 11.2. The fraction of sp³-hybridized carbons (Fsp3) is 0. The van der Waals surface area contributed by atoms with Gasteiger partial charge in [0, 0.05) is 56.3 Å². The Kier molecular flexibility index (Phi) is 4.66. The fourth-order valence-corrected chi connectivity index (χ4v) is 6.67. The molecule has 0 fully saturated rings. The lowest BCUT2D eigenvalue weighted by molar-refractivity contribution is 0.668. The molecule has 0 amide bonds. The van der Waals surface area contributed by atoms with Gasteiger partial charge in [-0.15, -0.1) is 0 Å². The average Bonchev–Trinajstić information content (AvgIpc) is 3.75. The molecule has 0 spiro atoms. The number of furan rings is 3. The van der Waals surface area contributed by atoms with Crippen molar-refractivity contribution >= 4 is 93.8 Å². The van der Waals surface area contributed by atoms with Crippen LogP contribution in [0.1, 0.15) is 0 Å². The van der Waals surface area contributed by atoms with Crippen molar-refractivity contribution in [1.82, 2.24) is 4.98 Å². The van der Waals surface area contributed by atoms with Gasteiger partial charge in [0.15, 0.2) is 0 Å². The smallest absolute Gasteiger partial charge is 0.141 e. The van der Waals surface area contributed by atoms with E-state index in [4.69, 9.17) is 18.2 Å². The molecule has 6 aromatic carbocycles. The highest BCUT2D eigenvalue weighted by atomic mass is 16.3. The van der Waals surface area contributed by atoms with Crippen molar-refractivity contribution in [3.8, 4) is 0 Å². The summed E-state index contributed by atoms with van der Waals surface area (Å²) in [5.41, 5.74) is 6.90. The van der Waals surface area contributed by atoms with Gasteiger partial charge in [-0.2, -0.15) is 0 Å². The molecule has 5 nitrogen and oxygen atoms in total. The highest BCUT2D eigenvalue weighted by molar-refractivity contribution is 6.19. The predicted octanol–water partition coefficient (Wildman–Crippen LogP) is 11.4. The molecule has 4 heterocycles. The van der Waals surface area contributed by atoms with E-state index >= 15 is 0 Å². The number of rotatable bonds is 3. The van der Waals surface area contributed by atoms with E-state index in [1.807, 2.05) is 60.8 Å². The molecule has 0 aliphatic carbocycles. The summed E-state index contributed by atoms with van der Waals surface area (Å²) in [6, 6.07) is 43.5. The minimum Gasteiger partial charge on any atom is -0.456 e. The molecule has 0 unspecified atom stereocenters. The van der Waals surface area contributed by atoms with E-state index in [0.717, 1.165) is 88.4 Å². The third-order valence-corrected chi connectivity index (χ3v) is 8.70. The van der Waals surface area contributed by atoms with Gasteiger partial charge in [0.2, 0.25) is 0 Å². The lowest BCUT2D eigenvalue weighted by Gasteiger charge is -2.24. The Morgan fingerprint density at radius 3 is 1.86 bits per heavy atom. The van der Waals surface area contributed by atoms with E-state index in [-0.39, 0.29) is 0 Å². The van der Waals surface area contributed by atoms with Crippen LogP contribution in [0.3, 0.4) is 0 Å². The zero-order valence-electron chi connectivity index (χ0n) is 23.3. The molecule has 0 N–H and O–H groups in total. The number of benzene rings is 6. The minimum absolute atomic E-state index is 0.739. The number of para-hydroxylation sites is 2. The Balaban J connectivity index is 1.22. The Morgan fingerprint density at radius 2 is 1.00 bits per heavy atom. The quantitative estimate of drug-likeness (QED) is 0.213. The van der Waals surface area contributed by atoms with Crippen molar-refractivity contribution in [2.75, 3.05) is 4.90 Å². The summed E-state index contributed by atoms with van der Waals surface area (Å²) in [5, 5.41) is 8.70. The van der Waals surface area contributed by atoms with Crippen molar-refractivity contribution in [1.29, 1.82) is 0 Å². The number of fused-ring (bicyclic) bond motifs is 11. The van der Waals surface area contributed by atoms with Gasteiger partial charge >= 0.3 is 0 Å². The first-order chi connectivity index (χ1) is 21.8. The highest BCUT2D eigenvalue weighted by Gasteiger charge is 2.20. The molecule has 0 aliphatic heterocycles. The fourth-order valence-electron chi connectivity index (χ4n) is 6.67. The molecule has 44 heavy (non-hydrogen) atoms. The lowest BCUT2D eigenvalue weighted by Crippen LogP contribution is -2.11. The van der Waals surface area contributed by atoms with E-state index in [1.165, 1.54) is 5.39 Å². The molecule has 0 aliphatic rings. The maximum absolute atomic E-state index is 6.45. The lowest BCUT2D eigenvalue weighted by atomic mass is 10.0. The normalized spacial score (nSPS) is 12.1. The van der Waals surface area contributed by atoms with Crippen LogP contribution >= 0.6 is 0 Å². The van der Waals surface area contributed by atoms with Crippen LogP contribution in [0.2, 0.25) is 0 Å². The summed E-state index contributed by atoms with van der Waals surface area (Å²) >= 11 is 0. The molecule has 10 aromatic rings. The van der Waals surface area contributed by atoms with Crippen LogP contribution < -0.4 is 4.90 Å². The number of aromatic nitrogens is 1. The first-order valence-corrected chi connectivity index (χ1v) is 14.6. The largest absolute Gasteiger partial charge is 0.456 e. The summed E-state index contributed by atoms with van der Waals surface area (Å²) in [4.78, 5) is 7.21. The van der Waals surface area contributed by atoms with Crippen LogP contribution in [0.15, 0.2) is 147 Å². The number of hydrogen-bond donors (Lipinski definition) is 0. The Hall–Kier alpha value is -6.07. The third-order valence-electron chi connectivity index (χ3n) is 8.70. The number of pyridine rings is 1. The average molecular weight is 567 g/mol. The van der Waals surface area contributed by atoms with E-state index in [1.54, 1.807) is 0 Å². The minimum atomic E-state index is 0.739. The van der Waals surface area contributed by atoms with Crippen molar-refractivity contribution in [2.45, 2.75) is 0 Å². The molecule has 0 saturated heterocycles. The molecular formula is C39H22N2O3. The van der Waals surface area contributed by atoms with E-state index < -0.39 is 0 Å². The van der Waals surface area contributed by atoms with Crippen LogP contribution in [0.25, 0.3) is 76.6 Å². The summed E-state index contributed by atoms with van der Waals surface area (Å²) in [5.74, 6) is 0.739. The second-order valence-corrected chi connectivity index (χ2v) is 11.2. The monoisotopic (exact) mass is 566 g/mol. The molecule has 10 rings (SSSR count). The number of nitrogens with zero attached hydrogens (tertiary/aromatic N) is 2. The van der Waals surface area contributed by atoms with E-state index in [9.17, 15) is 0 Å². The molecular weight excluding hydrogens is 544 g/mol. The van der Waals surface area contributed by atoms with Gasteiger partial charge in [-0.1, -0.05) is 66.7 Å². The van der Waals surface area contributed by atoms with Crippen LogP contribution in [-0.2, 0) is 0 Å². The van der Waals surface area contributed by atoms with E-state index in [0.29, 0.717) is 0 Å². The first kappa shape index (κ1) is 23.5. The van der Waals surface area contributed by atoms with Crippen LogP contribution in [0.5, 0.6) is 0 Å². The standard InChI is InChI=1S/C39H22N2O3/c1-2-8-26-23(7-1)13-17-35-39(26)31-22-40-38(21-37(31)44-35)41(24-15-18-34-30(19-24)28-10-4-6-12-33(28)42-34)25-14-16-29-27-9-3-5-11-32(27)43-36(29)20-25/h1-22H. The van der Waals surface area contributed by atoms with Gasteiger partial charge in [0.25, 0.3) is 0 Å². The van der Waals surface area contributed by atoms with Crippen molar-refractivity contribution in [3.05, 3.63) is 134 Å². The second kappa shape index (κ2) is 8.72. The molecule has 0 bridgehead atoms. The molecule has 0 radical (unpaired) electrons. The molecule has 0 saturated carbocycles. The number of anilines is 3. The topological polar surface area (TPSA) is 55.6 Å². The molecule has 4 aromatic heterocycles. The van der Waals surface area contributed by atoms with Crippen molar-refractivity contribution < 1.29 is 13.3 Å². The summed E-state index contributed by atoms with van der Waals surface area (Å²) in [6.45, 7) is 0. The molecule has 5 heteroatoms. The highest BCUT2D eigenvalue weighted by Crippen LogP contribution is 2.42. The van der Waals surface area contributed by atoms with Crippen LogP contribution in [-0.4, -0.2) is 4.98 Å². The Bertz CT molecular complexity index is 2750. The molecule has 0 atom stereocenters. The summed E-state index contributed by atoms with van der Waals surface area (Å²) in [6.07, 6.45) is 1.93.